The molecule has 1 aromatic carbocycles. The molecule has 5 nitrogen and oxygen atoms in total. The lowest BCUT2D eigenvalue weighted by Crippen LogP contribution is -2.37. The average molecular weight is 366 g/mol. The lowest BCUT2D eigenvalue weighted by Gasteiger charge is -2.27. The zero-order valence-electron chi connectivity index (χ0n) is 16.0. The van der Waals surface area contributed by atoms with Gasteiger partial charge in [0, 0.05) is 48.2 Å². The fraction of sp³-hybridized carbons (Fsp3) is 0.455. The van der Waals surface area contributed by atoms with Gasteiger partial charge in [0.2, 0.25) is 11.8 Å². The molecule has 2 heterocycles. The lowest BCUT2D eigenvalue weighted by molar-refractivity contribution is -0.135. The van der Waals surface area contributed by atoms with E-state index in [0.29, 0.717) is 13.1 Å². The molecule has 0 bridgehead atoms. The number of nitrogens with zero attached hydrogens (tertiary/aromatic N) is 1. The summed E-state index contributed by atoms with van der Waals surface area (Å²) in [4.78, 5) is 26.2. The number of fused-ring (bicyclic) bond motifs is 1. The number of anilines is 1. The van der Waals surface area contributed by atoms with Crippen molar-refractivity contribution in [2.75, 3.05) is 11.9 Å². The van der Waals surface area contributed by atoms with Crippen LogP contribution in [0.3, 0.4) is 0 Å². The zero-order chi connectivity index (χ0) is 19.0. The summed E-state index contributed by atoms with van der Waals surface area (Å²) in [5, 5.41) is 2.99. The molecule has 1 N–H and O–H groups in total. The van der Waals surface area contributed by atoms with E-state index in [9.17, 15) is 9.59 Å². The maximum Gasteiger partial charge on any atom is 0.227 e. The number of rotatable bonds is 4. The summed E-state index contributed by atoms with van der Waals surface area (Å²) in [6.45, 7) is 5.20. The summed E-state index contributed by atoms with van der Waals surface area (Å²) in [5.74, 6) is 2.29. The van der Waals surface area contributed by atoms with Crippen LogP contribution < -0.4 is 5.32 Å². The molecule has 0 saturated heterocycles. The second-order valence-corrected chi connectivity index (χ2v) is 7.92. The second-order valence-electron chi connectivity index (χ2n) is 7.92. The van der Waals surface area contributed by atoms with E-state index >= 15 is 0 Å². The number of amides is 2. The van der Waals surface area contributed by atoms with Crippen molar-refractivity contribution in [2.24, 2.45) is 11.8 Å². The van der Waals surface area contributed by atoms with Gasteiger partial charge in [0.25, 0.3) is 0 Å². The molecule has 0 radical (unpaired) electrons. The molecule has 0 unspecified atom stereocenters. The first-order valence-corrected chi connectivity index (χ1v) is 9.83. The highest BCUT2D eigenvalue weighted by Gasteiger charge is 2.26. The van der Waals surface area contributed by atoms with E-state index in [0.717, 1.165) is 54.0 Å². The van der Waals surface area contributed by atoms with Crippen molar-refractivity contribution in [3.63, 3.8) is 0 Å². The van der Waals surface area contributed by atoms with Gasteiger partial charge in [-0.1, -0.05) is 20.3 Å². The van der Waals surface area contributed by atoms with Crippen LogP contribution in [0.25, 0.3) is 11.3 Å². The van der Waals surface area contributed by atoms with Crippen LogP contribution in [0, 0.1) is 11.8 Å². The van der Waals surface area contributed by atoms with Gasteiger partial charge < -0.3 is 14.6 Å². The van der Waals surface area contributed by atoms with Crippen molar-refractivity contribution in [1.82, 2.24) is 4.90 Å². The summed E-state index contributed by atoms with van der Waals surface area (Å²) in [7, 11) is 0. The SMILES string of the molecule is CC(C)C(=O)N1CCc2oc(-c3ccc(NC(=O)C4CCC4)cc3)cc2C1. The maximum atomic E-state index is 12.2. The van der Waals surface area contributed by atoms with Gasteiger partial charge in [-0.05, 0) is 43.2 Å². The summed E-state index contributed by atoms with van der Waals surface area (Å²) in [6.07, 6.45) is 3.90. The second kappa shape index (κ2) is 7.22. The van der Waals surface area contributed by atoms with E-state index in [1.807, 2.05) is 49.1 Å². The summed E-state index contributed by atoms with van der Waals surface area (Å²) in [6, 6.07) is 9.82. The number of furan rings is 1. The standard InChI is InChI=1S/C22H26N2O3/c1-14(2)22(26)24-11-10-19-17(13-24)12-20(27-19)15-6-8-18(9-7-15)23-21(25)16-4-3-5-16/h6-9,12,14,16H,3-5,10-11,13H2,1-2H3,(H,23,25). The molecule has 4 rings (SSSR count). The molecule has 1 fully saturated rings. The Bertz CT molecular complexity index is 847. The largest absolute Gasteiger partial charge is 0.461 e. The minimum Gasteiger partial charge on any atom is -0.461 e. The molecule has 1 saturated carbocycles. The van der Waals surface area contributed by atoms with Crippen molar-refractivity contribution >= 4 is 17.5 Å². The molecular formula is C22H26N2O3. The van der Waals surface area contributed by atoms with Gasteiger partial charge >= 0.3 is 0 Å². The van der Waals surface area contributed by atoms with Crippen molar-refractivity contribution < 1.29 is 14.0 Å². The number of nitrogens with one attached hydrogen (secondary N) is 1. The fourth-order valence-electron chi connectivity index (χ4n) is 3.66. The molecule has 142 valence electrons. The van der Waals surface area contributed by atoms with E-state index in [1.54, 1.807) is 0 Å². The first-order valence-electron chi connectivity index (χ1n) is 9.83. The first kappa shape index (κ1) is 17.8. The van der Waals surface area contributed by atoms with Gasteiger partial charge in [0.15, 0.2) is 0 Å². The van der Waals surface area contributed by atoms with E-state index in [-0.39, 0.29) is 23.7 Å². The predicted octanol–water partition coefficient (Wildman–Crippen LogP) is 4.23. The normalized spacial score (nSPS) is 16.8. The van der Waals surface area contributed by atoms with Gasteiger partial charge in [0.1, 0.15) is 11.5 Å². The van der Waals surface area contributed by atoms with Crippen LogP contribution in [0.1, 0.15) is 44.4 Å². The smallest absolute Gasteiger partial charge is 0.227 e. The Labute approximate surface area is 159 Å². The molecule has 2 aromatic rings. The average Bonchev–Trinajstić information content (AvgIpc) is 3.03. The molecule has 1 aromatic heterocycles. The highest BCUT2D eigenvalue weighted by molar-refractivity contribution is 5.93. The summed E-state index contributed by atoms with van der Waals surface area (Å²) >= 11 is 0. The Hall–Kier alpha value is -2.56. The number of hydrogen-bond donors (Lipinski definition) is 1. The Morgan fingerprint density at radius 3 is 2.56 bits per heavy atom. The van der Waals surface area contributed by atoms with Crippen LogP contribution in [-0.4, -0.2) is 23.3 Å². The van der Waals surface area contributed by atoms with Gasteiger partial charge in [-0.3, -0.25) is 9.59 Å². The molecule has 0 spiro atoms. The van der Waals surface area contributed by atoms with Gasteiger partial charge in [-0.15, -0.1) is 0 Å². The van der Waals surface area contributed by atoms with Crippen LogP contribution in [0.2, 0.25) is 0 Å². The number of carbonyl (C=O) groups excluding carboxylic acids is 2. The Morgan fingerprint density at radius 1 is 1.19 bits per heavy atom. The van der Waals surface area contributed by atoms with Crippen LogP contribution in [0.5, 0.6) is 0 Å². The monoisotopic (exact) mass is 366 g/mol. The van der Waals surface area contributed by atoms with Gasteiger partial charge in [-0.2, -0.15) is 0 Å². The first-order chi connectivity index (χ1) is 13.0. The van der Waals surface area contributed by atoms with Crippen LogP contribution in [0.4, 0.5) is 5.69 Å². The van der Waals surface area contributed by atoms with Crippen LogP contribution in [-0.2, 0) is 22.6 Å². The third-order valence-electron chi connectivity index (χ3n) is 5.59. The predicted molar refractivity (Wildman–Crippen MR) is 104 cm³/mol. The number of hydrogen-bond acceptors (Lipinski definition) is 3. The van der Waals surface area contributed by atoms with E-state index in [1.165, 1.54) is 0 Å². The fourth-order valence-corrected chi connectivity index (χ4v) is 3.66. The van der Waals surface area contributed by atoms with Crippen LogP contribution >= 0.6 is 0 Å². The highest BCUT2D eigenvalue weighted by atomic mass is 16.3. The molecule has 0 atom stereocenters. The molecule has 1 aliphatic heterocycles. The summed E-state index contributed by atoms with van der Waals surface area (Å²) in [5.41, 5.74) is 2.89. The third kappa shape index (κ3) is 3.64. The van der Waals surface area contributed by atoms with E-state index in [2.05, 4.69) is 5.32 Å². The Kier molecular flexibility index (Phi) is 4.77. The highest BCUT2D eigenvalue weighted by Crippen LogP contribution is 2.31. The molecule has 5 heteroatoms. The van der Waals surface area contributed by atoms with Crippen molar-refractivity contribution in [3.05, 3.63) is 41.7 Å². The maximum absolute atomic E-state index is 12.2. The molecule has 2 aliphatic rings. The summed E-state index contributed by atoms with van der Waals surface area (Å²) < 4.78 is 6.04. The molecule has 2 amide bonds. The Balaban J connectivity index is 1.45. The lowest BCUT2D eigenvalue weighted by atomic mass is 9.85. The van der Waals surface area contributed by atoms with Crippen molar-refractivity contribution in [2.45, 2.75) is 46.1 Å². The Morgan fingerprint density at radius 2 is 1.93 bits per heavy atom. The minimum absolute atomic E-state index is 0.0145. The zero-order valence-corrected chi connectivity index (χ0v) is 16.0. The topological polar surface area (TPSA) is 62.6 Å². The quantitative estimate of drug-likeness (QED) is 0.881. The molecular weight excluding hydrogens is 340 g/mol. The third-order valence-corrected chi connectivity index (χ3v) is 5.59. The van der Waals surface area contributed by atoms with E-state index < -0.39 is 0 Å². The molecule has 27 heavy (non-hydrogen) atoms. The van der Waals surface area contributed by atoms with E-state index in [4.69, 9.17) is 4.42 Å². The number of carbonyl (C=O) groups is 2. The van der Waals surface area contributed by atoms with Gasteiger partial charge in [0.05, 0.1) is 0 Å². The van der Waals surface area contributed by atoms with Crippen molar-refractivity contribution in [1.29, 1.82) is 0 Å². The van der Waals surface area contributed by atoms with Crippen LogP contribution in [0.15, 0.2) is 34.7 Å². The number of benzene rings is 1. The van der Waals surface area contributed by atoms with Crippen molar-refractivity contribution in [3.8, 4) is 11.3 Å². The van der Waals surface area contributed by atoms with Gasteiger partial charge in [-0.25, -0.2) is 0 Å². The minimum atomic E-state index is 0.0145. The molecule has 1 aliphatic carbocycles.